The second kappa shape index (κ2) is 4.90. The van der Waals surface area contributed by atoms with Gasteiger partial charge in [0, 0.05) is 24.6 Å². The van der Waals surface area contributed by atoms with Gasteiger partial charge in [-0.25, -0.2) is 0 Å². The second-order valence-electron chi connectivity index (χ2n) is 5.51. The highest BCUT2D eigenvalue weighted by atomic mass is 16.5. The van der Waals surface area contributed by atoms with Crippen LogP contribution in [0.2, 0.25) is 0 Å². The summed E-state index contributed by atoms with van der Waals surface area (Å²) < 4.78 is 5.51. The molecule has 1 saturated heterocycles. The van der Waals surface area contributed by atoms with Gasteiger partial charge >= 0.3 is 0 Å². The molecule has 0 amide bonds. The SMILES string of the molecule is O[C@]12CCOC[C@@H]1CCC[C@H]2Nc1ccccc1. The lowest BCUT2D eigenvalue weighted by atomic mass is 9.69. The number of rotatable bonds is 2. The Morgan fingerprint density at radius 2 is 2.06 bits per heavy atom. The molecule has 1 heterocycles. The molecule has 2 aliphatic rings. The Kier molecular flexibility index (Phi) is 3.27. The smallest absolute Gasteiger partial charge is 0.0919 e. The van der Waals surface area contributed by atoms with Gasteiger partial charge in [0.1, 0.15) is 0 Å². The first-order chi connectivity index (χ1) is 8.79. The van der Waals surface area contributed by atoms with Crippen molar-refractivity contribution in [2.45, 2.75) is 37.3 Å². The van der Waals surface area contributed by atoms with Crippen LogP contribution in [0, 0.1) is 5.92 Å². The monoisotopic (exact) mass is 247 g/mol. The Balaban J connectivity index is 1.78. The molecule has 1 aromatic carbocycles. The minimum Gasteiger partial charge on any atom is -0.387 e. The predicted octanol–water partition coefficient (Wildman–Crippen LogP) is 2.42. The van der Waals surface area contributed by atoms with Gasteiger partial charge in [0.15, 0.2) is 0 Å². The fourth-order valence-electron chi connectivity index (χ4n) is 3.35. The normalized spacial score (nSPS) is 35.8. The van der Waals surface area contributed by atoms with Crippen LogP contribution in [0.25, 0.3) is 0 Å². The zero-order valence-electron chi connectivity index (χ0n) is 10.6. The number of hydrogen-bond acceptors (Lipinski definition) is 3. The third-order valence-electron chi connectivity index (χ3n) is 4.44. The van der Waals surface area contributed by atoms with E-state index in [-0.39, 0.29) is 6.04 Å². The van der Waals surface area contributed by atoms with Crippen molar-refractivity contribution in [3.63, 3.8) is 0 Å². The molecular weight excluding hydrogens is 226 g/mol. The molecule has 2 fully saturated rings. The number of benzene rings is 1. The van der Waals surface area contributed by atoms with Gasteiger partial charge in [-0.3, -0.25) is 0 Å². The molecule has 1 saturated carbocycles. The lowest BCUT2D eigenvalue weighted by molar-refractivity contribution is -0.137. The van der Waals surface area contributed by atoms with Gasteiger partial charge in [-0.15, -0.1) is 0 Å². The van der Waals surface area contributed by atoms with Crippen LogP contribution in [0.5, 0.6) is 0 Å². The Hall–Kier alpha value is -1.06. The molecule has 1 aromatic rings. The highest BCUT2D eigenvalue weighted by Gasteiger charge is 2.47. The van der Waals surface area contributed by atoms with Gasteiger partial charge in [0.25, 0.3) is 0 Å². The summed E-state index contributed by atoms with van der Waals surface area (Å²) in [6.07, 6.45) is 4.05. The second-order valence-corrected chi connectivity index (χ2v) is 5.51. The van der Waals surface area contributed by atoms with Crippen LogP contribution in [0.1, 0.15) is 25.7 Å². The Morgan fingerprint density at radius 3 is 2.89 bits per heavy atom. The van der Waals surface area contributed by atoms with Gasteiger partial charge in [-0.1, -0.05) is 24.6 Å². The minimum absolute atomic E-state index is 0.155. The summed E-state index contributed by atoms with van der Waals surface area (Å²) in [7, 11) is 0. The van der Waals surface area contributed by atoms with Crippen molar-refractivity contribution >= 4 is 5.69 Å². The molecule has 0 aromatic heterocycles. The van der Waals surface area contributed by atoms with Gasteiger partial charge < -0.3 is 15.2 Å². The maximum atomic E-state index is 11.0. The van der Waals surface area contributed by atoms with Crippen molar-refractivity contribution in [3.8, 4) is 0 Å². The molecule has 3 heteroatoms. The minimum atomic E-state index is -0.591. The maximum Gasteiger partial charge on any atom is 0.0919 e. The number of para-hydroxylation sites is 1. The van der Waals surface area contributed by atoms with Crippen LogP contribution >= 0.6 is 0 Å². The number of hydrogen-bond donors (Lipinski definition) is 2. The zero-order valence-corrected chi connectivity index (χ0v) is 10.6. The topological polar surface area (TPSA) is 41.5 Å². The summed E-state index contributed by atoms with van der Waals surface area (Å²) in [4.78, 5) is 0. The number of aliphatic hydroxyl groups is 1. The fraction of sp³-hybridized carbons (Fsp3) is 0.600. The molecule has 0 unspecified atom stereocenters. The summed E-state index contributed by atoms with van der Waals surface area (Å²) in [5.41, 5.74) is 0.509. The highest BCUT2D eigenvalue weighted by molar-refractivity contribution is 5.44. The van der Waals surface area contributed by atoms with Crippen LogP contribution in [0.15, 0.2) is 30.3 Å². The van der Waals surface area contributed by atoms with E-state index in [9.17, 15) is 5.11 Å². The van der Waals surface area contributed by atoms with Crippen LogP contribution in [0.3, 0.4) is 0 Å². The number of fused-ring (bicyclic) bond motifs is 1. The average Bonchev–Trinajstić information content (AvgIpc) is 2.41. The summed E-state index contributed by atoms with van der Waals surface area (Å²) in [6, 6.07) is 10.3. The van der Waals surface area contributed by atoms with Crippen molar-refractivity contribution in [3.05, 3.63) is 30.3 Å². The lowest BCUT2D eigenvalue weighted by Crippen LogP contribution is -2.58. The van der Waals surface area contributed by atoms with Crippen molar-refractivity contribution in [2.75, 3.05) is 18.5 Å². The first-order valence-corrected chi connectivity index (χ1v) is 6.91. The van der Waals surface area contributed by atoms with E-state index in [2.05, 4.69) is 17.4 Å². The van der Waals surface area contributed by atoms with E-state index >= 15 is 0 Å². The molecule has 3 rings (SSSR count). The lowest BCUT2D eigenvalue weighted by Gasteiger charge is -2.48. The fourth-order valence-corrected chi connectivity index (χ4v) is 3.35. The Morgan fingerprint density at radius 1 is 1.22 bits per heavy atom. The average molecular weight is 247 g/mol. The molecule has 1 aliphatic heterocycles. The predicted molar refractivity (Wildman–Crippen MR) is 71.6 cm³/mol. The van der Waals surface area contributed by atoms with E-state index in [1.54, 1.807) is 0 Å². The molecule has 3 nitrogen and oxygen atoms in total. The summed E-state index contributed by atoms with van der Waals surface area (Å²) >= 11 is 0. The molecule has 2 N–H and O–H groups in total. The van der Waals surface area contributed by atoms with Crippen molar-refractivity contribution < 1.29 is 9.84 Å². The maximum absolute atomic E-state index is 11.0. The van der Waals surface area contributed by atoms with E-state index < -0.39 is 5.60 Å². The Labute approximate surface area is 108 Å². The van der Waals surface area contributed by atoms with Crippen LogP contribution in [0.4, 0.5) is 5.69 Å². The first kappa shape index (κ1) is 12.0. The molecule has 3 atom stereocenters. The van der Waals surface area contributed by atoms with E-state index in [0.717, 1.165) is 24.9 Å². The van der Waals surface area contributed by atoms with Gasteiger partial charge in [0.2, 0.25) is 0 Å². The van der Waals surface area contributed by atoms with Crippen LogP contribution in [-0.4, -0.2) is 30.0 Å². The van der Waals surface area contributed by atoms with Gasteiger partial charge in [-0.2, -0.15) is 0 Å². The molecule has 0 spiro atoms. The third-order valence-corrected chi connectivity index (χ3v) is 4.44. The van der Waals surface area contributed by atoms with Gasteiger partial charge in [-0.05, 0) is 25.0 Å². The molecule has 18 heavy (non-hydrogen) atoms. The summed E-state index contributed by atoms with van der Waals surface area (Å²) in [5, 5.41) is 14.5. The molecular formula is C15H21NO2. The van der Waals surface area contributed by atoms with E-state index in [0.29, 0.717) is 19.1 Å². The molecule has 98 valence electrons. The van der Waals surface area contributed by atoms with Crippen LogP contribution in [-0.2, 0) is 4.74 Å². The largest absolute Gasteiger partial charge is 0.387 e. The number of anilines is 1. The van der Waals surface area contributed by atoms with E-state index in [1.165, 1.54) is 6.42 Å². The standard InChI is InChI=1S/C15H21NO2/c17-15-9-10-18-11-12(15)5-4-8-14(15)16-13-6-2-1-3-7-13/h1-3,6-7,12,14,16-17H,4-5,8-11H2/t12-,14+,15+/m0/s1. The summed E-state index contributed by atoms with van der Waals surface area (Å²) in [5.74, 6) is 0.293. The van der Waals surface area contributed by atoms with Crippen molar-refractivity contribution in [1.82, 2.24) is 0 Å². The van der Waals surface area contributed by atoms with E-state index in [1.807, 2.05) is 18.2 Å². The van der Waals surface area contributed by atoms with Crippen molar-refractivity contribution in [1.29, 1.82) is 0 Å². The van der Waals surface area contributed by atoms with Crippen LogP contribution < -0.4 is 5.32 Å². The quantitative estimate of drug-likeness (QED) is 0.843. The summed E-state index contributed by atoms with van der Waals surface area (Å²) in [6.45, 7) is 1.39. The van der Waals surface area contributed by atoms with Gasteiger partial charge in [0.05, 0.1) is 18.2 Å². The third kappa shape index (κ3) is 2.13. The molecule has 1 aliphatic carbocycles. The molecule has 0 bridgehead atoms. The zero-order chi connectivity index (χ0) is 12.4. The molecule has 0 radical (unpaired) electrons. The number of nitrogens with one attached hydrogen (secondary N) is 1. The van der Waals surface area contributed by atoms with Crippen molar-refractivity contribution in [2.24, 2.45) is 5.92 Å². The first-order valence-electron chi connectivity index (χ1n) is 6.91. The van der Waals surface area contributed by atoms with E-state index in [4.69, 9.17) is 4.74 Å². The number of ether oxygens (including phenoxy) is 1. The Bertz CT molecular complexity index is 393. The highest BCUT2D eigenvalue weighted by Crippen LogP contribution is 2.40.